The number of amides is 1. The van der Waals surface area contributed by atoms with Gasteiger partial charge in [-0.1, -0.05) is 0 Å². The van der Waals surface area contributed by atoms with Crippen LogP contribution < -0.4 is 5.73 Å². The van der Waals surface area contributed by atoms with Gasteiger partial charge >= 0.3 is 0 Å². The number of aromatic nitrogens is 1. The number of carbonyl (C=O) groups is 1. The number of nitrogens with zero attached hydrogens (tertiary/aromatic N) is 2. The largest absolute Gasteiger partial charge is 0.463 e. The van der Waals surface area contributed by atoms with Gasteiger partial charge < -0.3 is 15.1 Å². The minimum absolute atomic E-state index is 0. The second kappa shape index (κ2) is 9.06. The molecule has 7 heteroatoms. The van der Waals surface area contributed by atoms with Crippen LogP contribution in [0.3, 0.4) is 0 Å². The van der Waals surface area contributed by atoms with Crippen molar-refractivity contribution < 1.29 is 9.21 Å². The first-order chi connectivity index (χ1) is 10.7. The third-order valence-corrected chi connectivity index (χ3v) is 4.25. The van der Waals surface area contributed by atoms with E-state index in [1.807, 2.05) is 36.1 Å². The Morgan fingerprint density at radius 1 is 1.33 bits per heavy atom. The van der Waals surface area contributed by atoms with Crippen LogP contribution in [0.2, 0.25) is 0 Å². The third-order valence-electron chi connectivity index (χ3n) is 4.25. The molecule has 5 nitrogen and oxygen atoms in total. The highest BCUT2D eigenvalue weighted by molar-refractivity contribution is 5.95. The van der Waals surface area contributed by atoms with Gasteiger partial charge in [-0.25, -0.2) is 4.98 Å². The lowest BCUT2D eigenvalue weighted by molar-refractivity contribution is 0.0622. The molecule has 1 amide bonds. The Labute approximate surface area is 154 Å². The van der Waals surface area contributed by atoms with E-state index in [1.54, 1.807) is 6.26 Å². The van der Waals surface area contributed by atoms with Crippen molar-refractivity contribution >= 4 is 30.7 Å². The molecule has 0 aromatic carbocycles. The van der Waals surface area contributed by atoms with Crippen LogP contribution in [0, 0.1) is 6.92 Å². The fourth-order valence-corrected chi connectivity index (χ4v) is 3.02. The van der Waals surface area contributed by atoms with Crippen LogP contribution in [0.5, 0.6) is 0 Å². The minimum atomic E-state index is 0. The summed E-state index contributed by atoms with van der Waals surface area (Å²) in [6.45, 7) is 3.16. The molecule has 132 valence electrons. The number of rotatable bonds is 3. The summed E-state index contributed by atoms with van der Waals surface area (Å²) in [5.41, 5.74) is 7.93. The number of furan rings is 1. The van der Waals surface area contributed by atoms with Crippen LogP contribution in [0.15, 0.2) is 34.9 Å². The van der Waals surface area contributed by atoms with E-state index in [0.717, 1.165) is 37.2 Å². The van der Waals surface area contributed by atoms with E-state index in [9.17, 15) is 4.79 Å². The minimum Gasteiger partial charge on any atom is -0.463 e. The van der Waals surface area contributed by atoms with E-state index in [4.69, 9.17) is 10.2 Å². The van der Waals surface area contributed by atoms with Gasteiger partial charge in [-0.05, 0) is 50.5 Å². The van der Waals surface area contributed by atoms with Crippen molar-refractivity contribution in [2.75, 3.05) is 13.1 Å². The number of halogens is 2. The van der Waals surface area contributed by atoms with Crippen molar-refractivity contribution in [1.29, 1.82) is 0 Å². The fraction of sp³-hybridized carbons (Fsp3) is 0.412. The first kappa shape index (κ1) is 20.5. The van der Waals surface area contributed by atoms with Gasteiger partial charge in [0, 0.05) is 19.1 Å². The maximum atomic E-state index is 12.8. The molecule has 24 heavy (non-hydrogen) atoms. The fourth-order valence-electron chi connectivity index (χ4n) is 3.02. The van der Waals surface area contributed by atoms with E-state index >= 15 is 0 Å². The topological polar surface area (TPSA) is 72.4 Å². The Hall–Kier alpha value is -1.56. The lowest BCUT2D eigenvalue weighted by Crippen LogP contribution is -2.47. The number of piperidine rings is 1. The molecule has 0 radical (unpaired) electrons. The SMILES string of the molecule is Cc1nc(-c2ccco2)ccc1C(=O)N1CCCCC1CN.Cl.Cl. The smallest absolute Gasteiger partial charge is 0.255 e. The van der Waals surface area contributed by atoms with Crippen LogP contribution in [-0.4, -0.2) is 34.9 Å². The second-order valence-corrected chi connectivity index (χ2v) is 5.69. The highest BCUT2D eigenvalue weighted by Gasteiger charge is 2.27. The molecule has 0 aliphatic carbocycles. The molecule has 2 aromatic heterocycles. The quantitative estimate of drug-likeness (QED) is 0.896. The number of carbonyl (C=O) groups excluding carboxylic acids is 1. The predicted octanol–water partition coefficient (Wildman–Crippen LogP) is 3.45. The molecule has 1 saturated heterocycles. The lowest BCUT2D eigenvalue weighted by atomic mass is 10.0. The highest BCUT2D eigenvalue weighted by Crippen LogP contribution is 2.23. The molecule has 1 aliphatic heterocycles. The van der Waals surface area contributed by atoms with E-state index in [0.29, 0.717) is 17.9 Å². The molecule has 0 spiro atoms. The Bertz CT molecular complexity index is 662. The summed E-state index contributed by atoms with van der Waals surface area (Å²) < 4.78 is 5.35. The van der Waals surface area contributed by atoms with Crippen molar-refractivity contribution in [2.24, 2.45) is 5.73 Å². The van der Waals surface area contributed by atoms with Gasteiger partial charge in [-0.15, -0.1) is 24.8 Å². The zero-order valence-corrected chi connectivity index (χ0v) is 15.2. The Morgan fingerprint density at radius 3 is 2.75 bits per heavy atom. The monoisotopic (exact) mass is 371 g/mol. The molecule has 3 rings (SSSR count). The molecule has 1 aliphatic rings. The normalized spacial score (nSPS) is 16.9. The van der Waals surface area contributed by atoms with Gasteiger partial charge in [-0.3, -0.25) is 4.79 Å². The Morgan fingerprint density at radius 2 is 2.12 bits per heavy atom. The zero-order chi connectivity index (χ0) is 15.5. The standard InChI is InChI=1S/C17H21N3O2.2ClH/c1-12-14(7-8-15(19-12)16-6-4-10-22-16)17(21)20-9-3-2-5-13(20)11-18;;/h4,6-8,10,13H,2-3,5,9,11,18H2,1H3;2*1H. The summed E-state index contributed by atoms with van der Waals surface area (Å²) in [7, 11) is 0. The van der Waals surface area contributed by atoms with Crippen LogP contribution in [0.25, 0.3) is 11.5 Å². The molecule has 1 atom stereocenters. The number of hydrogen-bond donors (Lipinski definition) is 1. The molecular weight excluding hydrogens is 349 g/mol. The number of aryl methyl sites for hydroxylation is 1. The number of likely N-dealkylation sites (tertiary alicyclic amines) is 1. The predicted molar refractivity (Wildman–Crippen MR) is 98.9 cm³/mol. The maximum absolute atomic E-state index is 12.8. The molecule has 2 aromatic rings. The van der Waals surface area contributed by atoms with Gasteiger partial charge in [0.25, 0.3) is 5.91 Å². The lowest BCUT2D eigenvalue weighted by Gasteiger charge is -2.35. The average Bonchev–Trinajstić information content (AvgIpc) is 3.08. The molecule has 1 fully saturated rings. The molecular formula is C17H23Cl2N3O2. The Balaban J connectivity index is 0.00000144. The van der Waals surface area contributed by atoms with Crippen LogP contribution >= 0.6 is 24.8 Å². The summed E-state index contributed by atoms with van der Waals surface area (Å²) >= 11 is 0. The van der Waals surface area contributed by atoms with Gasteiger partial charge in [0.1, 0.15) is 5.69 Å². The van der Waals surface area contributed by atoms with Crippen molar-refractivity contribution in [2.45, 2.75) is 32.2 Å². The molecule has 0 bridgehead atoms. The Kier molecular flexibility index (Phi) is 7.73. The first-order valence-electron chi connectivity index (χ1n) is 7.73. The van der Waals surface area contributed by atoms with Gasteiger partial charge in [0.15, 0.2) is 5.76 Å². The molecule has 0 saturated carbocycles. The summed E-state index contributed by atoms with van der Waals surface area (Å²) in [6, 6.07) is 7.50. The summed E-state index contributed by atoms with van der Waals surface area (Å²) in [5.74, 6) is 0.742. The van der Waals surface area contributed by atoms with E-state index in [2.05, 4.69) is 4.98 Å². The van der Waals surface area contributed by atoms with Crippen molar-refractivity contribution in [3.05, 3.63) is 41.8 Å². The van der Waals surface area contributed by atoms with Crippen molar-refractivity contribution in [3.63, 3.8) is 0 Å². The third kappa shape index (κ3) is 4.09. The van der Waals surface area contributed by atoms with Gasteiger partial charge in [0.2, 0.25) is 0 Å². The maximum Gasteiger partial charge on any atom is 0.255 e. The molecule has 2 N–H and O–H groups in total. The zero-order valence-electron chi connectivity index (χ0n) is 13.6. The van der Waals surface area contributed by atoms with E-state index in [-0.39, 0.29) is 36.8 Å². The summed E-state index contributed by atoms with van der Waals surface area (Å²) in [5, 5.41) is 0. The summed E-state index contributed by atoms with van der Waals surface area (Å²) in [4.78, 5) is 19.2. The number of nitrogens with two attached hydrogens (primary N) is 1. The van der Waals surface area contributed by atoms with Crippen molar-refractivity contribution in [3.8, 4) is 11.5 Å². The average molecular weight is 372 g/mol. The highest BCUT2D eigenvalue weighted by atomic mass is 35.5. The molecule has 1 unspecified atom stereocenters. The van der Waals surface area contributed by atoms with E-state index in [1.165, 1.54) is 0 Å². The number of pyridine rings is 1. The van der Waals surface area contributed by atoms with Gasteiger partial charge in [-0.2, -0.15) is 0 Å². The van der Waals surface area contributed by atoms with Crippen LogP contribution in [0.1, 0.15) is 35.3 Å². The molecule has 3 heterocycles. The second-order valence-electron chi connectivity index (χ2n) is 5.69. The first-order valence-corrected chi connectivity index (χ1v) is 7.73. The van der Waals surface area contributed by atoms with Crippen LogP contribution in [-0.2, 0) is 0 Å². The summed E-state index contributed by atoms with van der Waals surface area (Å²) in [6.07, 6.45) is 4.78. The van der Waals surface area contributed by atoms with Crippen LogP contribution in [0.4, 0.5) is 0 Å². The van der Waals surface area contributed by atoms with Gasteiger partial charge in [0.05, 0.1) is 17.5 Å². The van der Waals surface area contributed by atoms with Crippen molar-refractivity contribution in [1.82, 2.24) is 9.88 Å². The van der Waals surface area contributed by atoms with E-state index < -0.39 is 0 Å². The number of hydrogen-bond acceptors (Lipinski definition) is 4.